The maximum absolute atomic E-state index is 11.8. The van der Waals surface area contributed by atoms with Crippen molar-refractivity contribution >= 4 is 7.75 Å². The Bertz CT molecular complexity index is 168. The molecule has 6 heteroatoms. The Labute approximate surface area is 86.1 Å². The molecule has 86 valence electrons. The largest absolute Gasteiger partial charge is 0.405 e. The molecule has 0 radical (unpaired) electrons. The van der Waals surface area contributed by atoms with E-state index in [2.05, 4.69) is 10.4 Å². The Kier molecular flexibility index (Phi) is 8.43. The molecule has 0 unspecified atom stereocenters. The van der Waals surface area contributed by atoms with Crippen LogP contribution in [0.15, 0.2) is 0 Å². The Morgan fingerprint density at radius 1 is 1.07 bits per heavy atom. The predicted octanol–water partition coefficient (Wildman–Crippen LogP) is 1.37. The predicted molar refractivity (Wildman–Crippen MR) is 57.4 cm³/mol. The van der Waals surface area contributed by atoms with Crippen LogP contribution in [0.25, 0.3) is 0 Å². The van der Waals surface area contributed by atoms with Crippen molar-refractivity contribution in [3.63, 3.8) is 0 Å². The van der Waals surface area contributed by atoms with Crippen molar-refractivity contribution in [1.82, 2.24) is 10.4 Å². The van der Waals surface area contributed by atoms with Crippen LogP contribution in [0, 0.1) is 0 Å². The number of likely N-dealkylation sites (N-methyl/N-ethyl adjacent to an activating group) is 1. The smallest absolute Gasteiger partial charge is 0.316 e. The van der Waals surface area contributed by atoms with E-state index in [0.29, 0.717) is 19.8 Å². The minimum atomic E-state index is -3.05. The van der Waals surface area contributed by atoms with Crippen molar-refractivity contribution in [2.24, 2.45) is 0 Å². The summed E-state index contributed by atoms with van der Waals surface area (Å²) in [7, 11) is -3.05. The molecule has 0 fully saturated rings. The number of hydrogen-bond acceptors (Lipinski definition) is 4. The van der Waals surface area contributed by atoms with Crippen molar-refractivity contribution in [2.75, 3.05) is 32.8 Å². The highest BCUT2D eigenvalue weighted by atomic mass is 31.2. The average Bonchev–Trinajstić information content (AvgIpc) is 2.13. The molecule has 0 aromatic carbocycles. The maximum Gasteiger partial charge on any atom is 0.405 e. The standard InChI is InChI=1S/C8H21N2O3P/c1-4-9-7-8-10-14(11,12-5-2)13-6-3/h9H,4-8H2,1-3H3,(H,10,11). The van der Waals surface area contributed by atoms with Gasteiger partial charge in [0, 0.05) is 13.1 Å². The van der Waals surface area contributed by atoms with Gasteiger partial charge in [-0.2, -0.15) is 0 Å². The first-order valence-electron chi connectivity index (χ1n) is 5.03. The number of hydrogen-bond donors (Lipinski definition) is 2. The fraction of sp³-hybridized carbons (Fsp3) is 1.00. The lowest BCUT2D eigenvalue weighted by Crippen LogP contribution is -2.26. The lowest BCUT2D eigenvalue weighted by molar-refractivity contribution is 0.211. The van der Waals surface area contributed by atoms with Gasteiger partial charge in [0.2, 0.25) is 0 Å². The summed E-state index contributed by atoms with van der Waals surface area (Å²) in [4.78, 5) is 0. The van der Waals surface area contributed by atoms with Crippen molar-refractivity contribution in [1.29, 1.82) is 0 Å². The first-order chi connectivity index (χ1) is 6.68. The van der Waals surface area contributed by atoms with Crippen molar-refractivity contribution < 1.29 is 13.6 Å². The Hall–Kier alpha value is 0.0700. The van der Waals surface area contributed by atoms with E-state index in [9.17, 15) is 4.57 Å². The zero-order chi connectivity index (χ0) is 10.9. The fourth-order valence-corrected chi connectivity index (χ4v) is 2.25. The van der Waals surface area contributed by atoms with E-state index in [1.807, 2.05) is 6.92 Å². The lowest BCUT2D eigenvalue weighted by atomic mass is 10.6. The van der Waals surface area contributed by atoms with Gasteiger partial charge < -0.3 is 5.32 Å². The van der Waals surface area contributed by atoms with Gasteiger partial charge in [-0.25, -0.2) is 9.65 Å². The summed E-state index contributed by atoms with van der Waals surface area (Å²) in [6.07, 6.45) is 0. The third-order valence-electron chi connectivity index (χ3n) is 1.46. The van der Waals surface area contributed by atoms with Crippen molar-refractivity contribution in [3.8, 4) is 0 Å². The zero-order valence-electron chi connectivity index (χ0n) is 9.21. The van der Waals surface area contributed by atoms with Crippen molar-refractivity contribution in [3.05, 3.63) is 0 Å². The van der Waals surface area contributed by atoms with Crippen LogP contribution in [-0.2, 0) is 13.6 Å². The molecule has 0 aromatic heterocycles. The minimum absolute atomic E-state index is 0.380. The maximum atomic E-state index is 11.8. The Balaban J connectivity index is 3.78. The molecular formula is C8H21N2O3P. The topological polar surface area (TPSA) is 59.6 Å². The van der Waals surface area contributed by atoms with E-state index in [4.69, 9.17) is 9.05 Å². The van der Waals surface area contributed by atoms with E-state index >= 15 is 0 Å². The van der Waals surface area contributed by atoms with Crippen LogP contribution < -0.4 is 10.4 Å². The average molecular weight is 224 g/mol. The Morgan fingerprint density at radius 3 is 2.07 bits per heavy atom. The highest BCUT2D eigenvalue weighted by molar-refractivity contribution is 7.51. The highest BCUT2D eigenvalue weighted by Gasteiger charge is 2.21. The van der Waals surface area contributed by atoms with E-state index in [1.54, 1.807) is 13.8 Å². The summed E-state index contributed by atoms with van der Waals surface area (Å²) in [6, 6.07) is 0. The van der Waals surface area contributed by atoms with Crippen LogP contribution in [0.3, 0.4) is 0 Å². The van der Waals surface area contributed by atoms with E-state index in [0.717, 1.165) is 13.1 Å². The second-order valence-electron chi connectivity index (χ2n) is 2.59. The summed E-state index contributed by atoms with van der Waals surface area (Å²) >= 11 is 0. The first-order valence-corrected chi connectivity index (χ1v) is 6.57. The van der Waals surface area contributed by atoms with Crippen LogP contribution in [-0.4, -0.2) is 32.8 Å². The van der Waals surface area contributed by atoms with Gasteiger partial charge in [0.25, 0.3) is 0 Å². The van der Waals surface area contributed by atoms with E-state index in [-0.39, 0.29) is 0 Å². The monoisotopic (exact) mass is 224 g/mol. The van der Waals surface area contributed by atoms with E-state index < -0.39 is 7.75 Å². The molecule has 0 aliphatic rings. The molecule has 0 aliphatic carbocycles. The van der Waals surface area contributed by atoms with E-state index in [1.165, 1.54) is 0 Å². The SMILES string of the molecule is CCNCCNP(=O)(OCC)OCC. The summed E-state index contributed by atoms with van der Waals surface area (Å²) < 4.78 is 21.9. The summed E-state index contributed by atoms with van der Waals surface area (Å²) in [5.41, 5.74) is 0. The fourth-order valence-electron chi connectivity index (χ4n) is 0.926. The number of rotatable bonds is 9. The summed E-state index contributed by atoms with van der Waals surface area (Å²) in [5, 5.41) is 5.89. The van der Waals surface area contributed by atoms with Crippen LogP contribution in [0.2, 0.25) is 0 Å². The summed E-state index contributed by atoms with van der Waals surface area (Å²) in [6.45, 7) is 8.58. The molecule has 5 nitrogen and oxygen atoms in total. The molecular weight excluding hydrogens is 203 g/mol. The second kappa shape index (κ2) is 8.38. The zero-order valence-corrected chi connectivity index (χ0v) is 10.1. The van der Waals surface area contributed by atoms with Crippen molar-refractivity contribution in [2.45, 2.75) is 20.8 Å². The lowest BCUT2D eigenvalue weighted by Gasteiger charge is -2.17. The van der Waals surface area contributed by atoms with Gasteiger partial charge in [0.15, 0.2) is 0 Å². The molecule has 0 spiro atoms. The summed E-state index contributed by atoms with van der Waals surface area (Å²) in [5.74, 6) is 0. The molecule has 0 aromatic rings. The van der Waals surface area contributed by atoms with Gasteiger partial charge in [-0.15, -0.1) is 0 Å². The van der Waals surface area contributed by atoms with Gasteiger partial charge in [-0.3, -0.25) is 9.05 Å². The molecule has 0 atom stereocenters. The number of nitrogens with one attached hydrogen (secondary N) is 2. The molecule has 0 aliphatic heterocycles. The Morgan fingerprint density at radius 2 is 1.64 bits per heavy atom. The van der Waals surface area contributed by atoms with Gasteiger partial charge in [-0.05, 0) is 20.4 Å². The molecule has 0 saturated heterocycles. The molecule has 14 heavy (non-hydrogen) atoms. The molecule has 0 saturated carbocycles. The van der Waals surface area contributed by atoms with Crippen LogP contribution in [0.5, 0.6) is 0 Å². The van der Waals surface area contributed by atoms with Gasteiger partial charge >= 0.3 is 7.75 Å². The van der Waals surface area contributed by atoms with Crippen LogP contribution >= 0.6 is 7.75 Å². The van der Waals surface area contributed by atoms with Gasteiger partial charge in [0.1, 0.15) is 0 Å². The van der Waals surface area contributed by atoms with Crippen LogP contribution in [0.1, 0.15) is 20.8 Å². The van der Waals surface area contributed by atoms with Gasteiger partial charge in [0.05, 0.1) is 13.2 Å². The molecule has 2 N–H and O–H groups in total. The third-order valence-corrected chi connectivity index (χ3v) is 3.26. The molecule has 0 rings (SSSR count). The second-order valence-corrected chi connectivity index (χ2v) is 4.42. The third kappa shape index (κ3) is 6.51. The molecule has 0 bridgehead atoms. The molecule has 0 heterocycles. The quantitative estimate of drug-likeness (QED) is 0.457. The first kappa shape index (κ1) is 14.1. The highest BCUT2D eigenvalue weighted by Crippen LogP contribution is 2.42. The normalized spacial score (nSPS) is 11.9. The molecule has 0 amide bonds. The van der Waals surface area contributed by atoms with Crippen LogP contribution in [0.4, 0.5) is 0 Å². The minimum Gasteiger partial charge on any atom is -0.316 e. The van der Waals surface area contributed by atoms with Gasteiger partial charge in [-0.1, -0.05) is 6.92 Å².